The van der Waals surface area contributed by atoms with Gasteiger partial charge in [-0.15, -0.1) is 0 Å². The number of nitro groups is 2. The van der Waals surface area contributed by atoms with E-state index in [2.05, 4.69) is 10.4 Å². The van der Waals surface area contributed by atoms with E-state index in [9.17, 15) is 25.0 Å². The Labute approximate surface area is 176 Å². The monoisotopic (exact) mass is 425 g/mol. The Balaban J connectivity index is 1.81. The number of aromatic nitrogens is 2. The summed E-state index contributed by atoms with van der Waals surface area (Å²) in [6.45, 7) is 4.97. The van der Waals surface area contributed by atoms with Crippen molar-refractivity contribution in [2.45, 2.75) is 27.3 Å². The van der Waals surface area contributed by atoms with Crippen LogP contribution >= 0.6 is 0 Å². The van der Waals surface area contributed by atoms with Crippen LogP contribution in [0, 0.1) is 41.0 Å². The van der Waals surface area contributed by atoms with Gasteiger partial charge in [0.05, 0.1) is 21.6 Å². The van der Waals surface area contributed by atoms with Crippen molar-refractivity contribution in [3.8, 4) is 11.5 Å². The lowest BCUT2D eigenvalue weighted by Crippen LogP contribution is -2.19. The number of anilines is 1. The number of aryl methyl sites for hydroxylation is 3. The Morgan fingerprint density at radius 2 is 1.65 bits per heavy atom. The van der Waals surface area contributed by atoms with Gasteiger partial charge in [0, 0.05) is 12.1 Å². The fraction of sp³-hybridized carbons (Fsp3) is 0.200. The second-order valence-electron chi connectivity index (χ2n) is 7.00. The van der Waals surface area contributed by atoms with Crippen LogP contribution in [-0.2, 0) is 11.3 Å². The highest BCUT2D eigenvalue weighted by Gasteiger charge is 2.18. The van der Waals surface area contributed by atoms with Crippen LogP contribution in [0.4, 0.5) is 17.1 Å². The largest absolute Gasteiger partial charge is 0.457 e. The highest BCUT2D eigenvalue weighted by Crippen LogP contribution is 2.30. The van der Waals surface area contributed by atoms with Gasteiger partial charge >= 0.3 is 5.69 Å². The van der Waals surface area contributed by atoms with Crippen LogP contribution in [0.25, 0.3) is 0 Å². The minimum atomic E-state index is -0.593. The number of nitro benzene ring substituents is 1. The van der Waals surface area contributed by atoms with Crippen molar-refractivity contribution in [3.63, 3.8) is 0 Å². The number of hydrogen-bond acceptors (Lipinski definition) is 7. The molecule has 3 rings (SSSR count). The summed E-state index contributed by atoms with van der Waals surface area (Å²) in [5.41, 5.74) is 1.80. The van der Waals surface area contributed by atoms with E-state index in [0.717, 1.165) is 22.0 Å². The molecule has 1 aromatic heterocycles. The first-order valence-electron chi connectivity index (χ1n) is 9.14. The molecule has 0 saturated carbocycles. The maximum Gasteiger partial charge on any atom is 0.309 e. The molecule has 0 atom stereocenters. The van der Waals surface area contributed by atoms with E-state index in [0.29, 0.717) is 5.75 Å². The zero-order valence-corrected chi connectivity index (χ0v) is 17.0. The summed E-state index contributed by atoms with van der Waals surface area (Å²) < 4.78 is 6.90. The maximum absolute atomic E-state index is 12.4. The van der Waals surface area contributed by atoms with Crippen LogP contribution in [0.3, 0.4) is 0 Å². The smallest absolute Gasteiger partial charge is 0.309 e. The number of benzene rings is 2. The lowest BCUT2D eigenvalue weighted by Gasteiger charge is -2.11. The van der Waals surface area contributed by atoms with Crippen LogP contribution in [0.5, 0.6) is 11.5 Å². The first-order valence-corrected chi connectivity index (χ1v) is 9.14. The molecule has 0 bridgehead atoms. The van der Waals surface area contributed by atoms with Crippen LogP contribution in [0.2, 0.25) is 0 Å². The van der Waals surface area contributed by atoms with Crippen LogP contribution in [-0.4, -0.2) is 25.5 Å². The van der Waals surface area contributed by atoms with Gasteiger partial charge in [-0.05, 0) is 44.0 Å². The Morgan fingerprint density at radius 1 is 1.00 bits per heavy atom. The predicted octanol–water partition coefficient (Wildman–Crippen LogP) is 4.06. The molecule has 0 fully saturated rings. The maximum atomic E-state index is 12.4. The second-order valence-corrected chi connectivity index (χ2v) is 7.00. The molecule has 3 aromatic rings. The van der Waals surface area contributed by atoms with E-state index < -0.39 is 15.8 Å². The van der Waals surface area contributed by atoms with Gasteiger partial charge in [0.25, 0.3) is 5.69 Å². The number of carbonyl (C=O) groups excluding carboxylic acids is 1. The molecule has 11 heteroatoms. The quantitative estimate of drug-likeness (QED) is 0.444. The normalized spacial score (nSPS) is 10.5. The zero-order valence-electron chi connectivity index (χ0n) is 17.0. The van der Waals surface area contributed by atoms with E-state index in [4.69, 9.17) is 4.74 Å². The molecule has 160 valence electrons. The van der Waals surface area contributed by atoms with Crippen molar-refractivity contribution in [2.75, 3.05) is 5.32 Å². The molecular weight excluding hydrogens is 406 g/mol. The Kier molecular flexibility index (Phi) is 5.95. The first-order chi connectivity index (χ1) is 14.6. The summed E-state index contributed by atoms with van der Waals surface area (Å²) in [5.74, 6) is 0.130. The summed E-state index contributed by atoms with van der Waals surface area (Å²) in [5, 5.41) is 28.7. The number of nitrogens with one attached hydrogen (secondary N) is 1. The number of carbonyl (C=O) groups is 1. The van der Waals surface area contributed by atoms with Crippen LogP contribution in [0.1, 0.15) is 16.8 Å². The average Bonchev–Trinajstić information content (AvgIpc) is 3.00. The third-order valence-corrected chi connectivity index (χ3v) is 4.24. The molecule has 2 aromatic carbocycles. The van der Waals surface area contributed by atoms with Gasteiger partial charge in [-0.1, -0.05) is 6.07 Å². The molecule has 11 nitrogen and oxygen atoms in total. The summed E-state index contributed by atoms with van der Waals surface area (Å²) in [7, 11) is 0. The molecule has 0 saturated heterocycles. The number of hydrogen-bond donors (Lipinski definition) is 1. The molecular formula is C20H19N5O6. The Morgan fingerprint density at radius 3 is 2.23 bits per heavy atom. The average molecular weight is 425 g/mol. The molecule has 1 N–H and O–H groups in total. The lowest BCUT2D eigenvalue weighted by molar-refractivity contribution is -0.385. The van der Waals surface area contributed by atoms with Gasteiger partial charge < -0.3 is 10.1 Å². The van der Waals surface area contributed by atoms with Crippen molar-refractivity contribution in [1.82, 2.24) is 9.78 Å². The van der Waals surface area contributed by atoms with Crippen molar-refractivity contribution in [2.24, 2.45) is 0 Å². The van der Waals surface area contributed by atoms with E-state index in [1.54, 1.807) is 12.1 Å². The molecule has 1 heterocycles. The molecule has 0 aliphatic heterocycles. The van der Waals surface area contributed by atoms with Gasteiger partial charge in [-0.3, -0.25) is 29.7 Å². The van der Waals surface area contributed by atoms with Gasteiger partial charge in [-0.2, -0.15) is 5.10 Å². The summed E-state index contributed by atoms with van der Waals surface area (Å²) >= 11 is 0. The highest BCUT2D eigenvalue weighted by molar-refractivity contribution is 5.91. The van der Waals surface area contributed by atoms with Gasteiger partial charge in [0.1, 0.15) is 29.9 Å². The number of non-ortho nitro benzene ring substituents is 1. The molecule has 0 unspecified atom stereocenters. The van der Waals surface area contributed by atoms with Crippen molar-refractivity contribution in [3.05, 3.63) is 79.6 Å². The third-order valence-electron chi connectivity index (χ3n) is 4.24. The number of nitrogens with zero attached hydrogens (tertiary/aromatic N) is 4. The van der Waals surface area contributed by atoms with E-state index in [1.807, 2.05) is 19.9 Å². The topological polar surface area (TPSA) is 142 Å². The molecule has 31 heavy (non-hydrogen) atoms. The number of rotatable bonds is 7. The van der Waals surface area contributed by atoms with Crippen molar-refractivity contribution in [1.29, 1.82) is 0 Å². The Hall–Kier alpha value is -4.28. The van der Waals surface area contributed by atoms with Crippen LogP contribution < -0.4 is 10.1 Å². The minimum Gasteiger partial charge on any atom is -0.457 e. The summed E-state index contributed by atoms with van der Waals surface area (Å²) in [6, 6.07) is 9.46. The SMILES string of the molecule is Cc1cc(C)cc(Oc2cc(NC(=O)Cn3cc([N+](=O)[O-])c(C)n3)cc([N+](=O)[O-])c2)c1. The molecule has 0 aliphatic carbocycles. The standard InChI is InChI=1S/C20H19N5O6/c1-12-4-13(2)6-17(5-12)31-18-8-15(7-16(9-18)24(27)28)21-20(26)11-23-10-19(25(29)30)14(3)22-23/h4-10H,11H2,1-3H3,(H,21,26). The van der Waals surface area contributed by atoms with E-state index in [1.165, 1.54) is 25.1 Å². The Bertz CT molecular complexity index is 1170. The molecule has 0 spiro atoms. The minimum absolute atomic E-state index is 0.150. The highest BCUT2D eigenvalue weighted by atomic mass is 16.6. The van der Waals surface area contributed by atoms with Crippen molar-refractivity contribution < 1.29 is 19.4 Å². The van der Waals surface area contributed by atoms with Gasteiger partial charge in [0.15, 0.2) is 0 Å². The van der Waals surface area contributed by atoms with E-state index >= 15 is 0 Å². The number of amides is 1. The molecule has 0 aliphatic rings. The fourth-order valence-electron chi connectivity index (χ4n) is 3.06. The summed E-state index contributed by atoms with van der Waals surface area (Å²) in [6.07, 6.45) is 1.15. The summed E-state index contributed by atoms with van der Waals surface area (Å²) in [4.78, 5) is 33.4. The third kappa shape index (κ3) is 5.41. The van der Waals surface area contributed by atoms with E-state index in [-0.39, 0.29) is 35.1 Å². The first kappa shape index (κ1) is 21.4. The number of ether oxygens (including phenoxy) is 1. The van der Waals surface area contributed by atoms with Gasteiger partial charge in [0.2, 0.25) is 5.91 Å². The molecule has 0 radical (unpaired) electrons. The van der Waals surface area contributed by atoms with Crippen LogP contribution in [0.15, 0.2) is 42.6 Å². The predicted molar refractivity (Wildman–Crippen MR) is 111 cm³/mol. The fourth-order valence-corrected chi connectivity index (χ4v) is 3.06. The lowest BCUT2D eigenvalue weighted by atomic mass is 10.1. The van der Waals surface area contributed by atoms with Gasteiger partial charge in [-0.25, -0.2) is 0 Å². The second kappa shape index (κ2) is 8.61. The zero-order chi connectivity index (χ0) is 22.7. The molecule has 1 amide bonds. The van der Waals surface area contributed by atoms with Crippen molar-refractivity contribution >= 4 is 23.0 Å².